The van der Waals surface area contributed by atoms with Crippen LogP contribution in [0.1, 0.15) is 51.9 Å². The van der Waals surface area contributed by atoms with Crippen molar-refractivity contribution in [1.82, 2.24) is 4.98 Å². The molecular weight excluding hydrogens is 360 g/mol. The Kier molecular flexibility index (Phi) is 5.01. The van der Waals surface area contributed by atoms with E-state index in [0.717, 1.165) is 24.2 Å². The van der Waals surface area contributed by atoms with Crippen LogP contribution in [0, 0.1) is 0 Å². The van der Waals surface area contributed by atoms with E-state index in [1.54, 1.807) is 19.1 Å². The maximum Gasteiger partial charge on any atom is 0.258 e. The number of amides is 1. The molecule has 1 aliphatic carbocycles. The molecular formula is C17H18N2O4S2. The number of sulfone groups is 1. The third kappa shape index (κ3) is 3.64. The Balaban J connectivity index is 1.89. The highest BCUT2D eigenvalue weighted by Gasteiger charge is 2.25. The summed E-state index contributed by atoms with van der Waals surface area (Å²) in [5, 5.41) is 2.97. The van der Waals surface area contributed by atoms with E-state index in [4.69, 9.17) is 0 Å². The quantitative estimate of drug-likeness (QED) is 0.863. The van der Waals surface area contributed by atoms with Crippen LogP contribution >= 0.6 is 11.3 Å². The smallest absolute Gasteiger partial charge is 0.258 e. The molecule has 0 radical (unpaired) electrons. The number of Topliss-reactive ketones (excluding diaryl/α,β-unsaturated/α-hetero) is 1. The summed E-state index contributed by atoms with van der Waals surface area (Å²) in [5.74, 6) is -0.504. The summed E-state index contributed by atoms with van der Waals surface area (Å²) in [7, 11) is -3.52. The summed E-state index contributed by atoms with van der Waals surface area (Å²) in [6, 6.07) is 6.14. The first-order chi connectivity index (χ1) is 11.9. The number of fused-ring (bicyclic) bond motifs is 1. The number of aromatic nitrogens is 1. The lowest BCUT2D eigenvalue weighted by atomic mass is 10.0. The van der Waals surface area contributed by atoms with Gasteiger partial charge in [-0.1, -0.05) is 30.4 Å². The monoisotopic (exact) mass is 378 g/mol. The van der Waals surface area contributed by atoms with Gasteiger partial charge in [-0.05, 0) is 31.4 Å². The molecule has 0 bridgehead atoms. The number of ketones is 1. The average molecular weight is 378 g/mol. The highest BCUT2D eigenvalue weighted by Crippen LogP contribution is 2.30. The topological polar surface area (TPSA) is 93.2 Å². The van der Waals surface area contributed by atoms with Gasteiger partial charge in [0.1, 0.15) is 0 Å². The molecule has 0 unspecified atom stereocenters. The van der Waals surface area contributed by atoms with E-state index in [1.165, 1.54) is 12.1 Å². The van der Waals surface area contributed by atoms with Gasteiger partial charge >= 0.3 is 0 Å². The van der Waals surface area contributed by atoms with Crippen molar-refractivity contribution in [3.63, 3.8) is 0 Å². The summed E-state index contributed by atoms with van der Waals surface area (Å²) >= 11 is 1.15. The molecule has 1 N–H and O–H groups in total. The third-order valence-electron chi connectivity index (χ3n) is 3.93. The number of carbonyl (C=O) groups excluding carboxylic acids is 2. The Labute approximate surface area is 150 Å². The molecule has 1 amide bonds. The van der Waals surface area contributed by atoms with Gasteiger partial charge in [-0.25, -0.2) is 13.4 Å². The predicted octanol–water partition coefficient (Wildman–Crippen LogP) is 3.10. The first-order valence-electron chi connectivity index (χ1n) is 8.08. The lowest BCUT2D eigenvalue weighted by molar-refractivity contribution is 0.0975. The Morgan fingerprint density at radius 1 is 1.28 bits per heavy atom. The van der Waals surface area contributed by atoms with E-state index < -0.39 is 15.7 Å². The van der Waals surface area contributed by atoms with E-state index in [1.807, 2.05) is 0 Å². The predicted molar refractivity (Wildman–Crippen MR) is 96.1 cm³/mol. The van der Waals surface area contributed by atoms with Crippen molar-refractivity contribution in [1.29, 1.82) is 0 Å². The van der Waals surface area contributed by atoms with Crippen molar-refractivity contribution in [2.45, 2.75) is 37.5 Å². The minimum Gasteiger partial charge on any atom is -0.298 e. The van der Waals surface area contributed by atoms with Gasteiger partial charge in [0.05, 0.1) is 26.8 Å². The van der Waals surface area contributed by atoms with Gasteiger partial charge in [0.2, 0.25) is 0 Å². The first kappa shape index (κ1) is 17.8. The van der Waals surface area contributed by atoms with Gasteiger partial charge < -0.3 is 0 Å². The number of rotatable bonds is 5. The molecule has 132 valence electrons. The largest absolute Gasteiger partial charge is 0.298 e. The zero-order chi connectivity index (χ0) is 18.0. The van der Waals surface area contributed by atoms with Gasteiger partial charge in [-0.15, -0.1) is 0 Å². The van der Waals surface area contributed by atoms with Gasteiger partial charge in [-0.2, -0.15) is 0 Å². The number of benzene rings is 1. The summed E-state index contributed by atoms with van der Waals surface area (Å²) in [6.07, 6.45) is 2.45. The maximum atomic E-state index is 12.6. The molecule has 1 heterocycles. The summed E-state index contributed by atoms with van der Waals surface area (Å²) in [4.78, 5) is 29.4. The van der Waals surface area contributed by atoms with Gasteiger partial charge in [0, 0.05) is 6.42 Å². The van der Waals surface area contributed by atoms with Crippen LogP contribution in [0.2, 0.25) is 0 Å². The Hall–Kier alpha value is -2.06. The molecule has 0 saturated heterocycles. The lowest BCUT2D eigenvalue weighted by Crippen LogP contribution is -2.17. The minimum atomic E-state index is -3.52. The number of nitrogens with one attached hydrogen (secondary N) is 1. The molecule has 1 aromatic heterocycles. The minimum absolute atomic E-state index is 0.0165. The number of carbonyl (C=O) groups is 2. The fourth-order valence-electron chi connectivity index (χ4n) is 2.79. The molecule has 1 aliphatic rings. The fraction of sp³-hybridized carbons (Fsp3) is 0.353. The van der Waals surface area contributed by atoms with E-state index in [2.05, 4.69) is 10.3 Å². The van der Waals surface area contributed by atoms with Crippen LogP contribution in [0.5, 0.6) is 0 Å². The van der Waals surface area contributed by atoms with Crippen molar-refractivity contribution >= 4 is 38.0 Å². The van der Waals surface area contributed by atoms with E-state index >= 15 is 0 Å². The normalized spacial score (nSPS) is 14.2. The van der Waals surface area contributed by atoms with Crippen molar-refractivity contribution in [3.8, 4) is 0 Å². The number of nitrogens with zero attached hydrogens (tertiary/aromatic N) is 1. The van der Waals surface area contributed by atoms with Crippen molar-refractivity contribution < 1.29 is 18.0 Å². The second-order valence-corrected chi connectivity index (χ2v) is 8.92. The van der Waals surface area contributed by atoms with Crippen LogP contribution in [0.25, 0.3) is 0 Å². The van der Waals surface area contributed by atoms with Crippen molar-refractivity contribution in [2.24, 2.45) is 0 Å². The van der Waals surface area contributed by atoms with Gasteiger partial charge in [0.25, 0.3) is 5.91 Å². The second kappa shape index (κ2) is 7.05. The van der Waals surface area contributed by atoms with Crippen LogP contribution in [-0.4, -0.2) is 30.8 Å². The van der Waals surface area contributed by atoms with Crippen LogP contribution in [0.4, 0.5) is 5.13 Å². The number of hydrogen-bond donors (Lipinski definition) is 1. The van der Waals surface area contributed by atoms with Crippen LogP contribution in [-0.2, 0) is 16.3 Å². The first-order valence-corrected chi connectivity index (χ1v) is 10.6. The number of anilines is 1. The average Bonchev–Trinajstić information content (AvgIpc) is 2.99. The molecule has 3 rings (SSSR count). The van der Waals surface area contributed by atoms with Gasteiger partial charge in [0.15, 0.2) is 20.8 Å². The molecule has 0 fully saturated rings. The molecule has 0 atom stereocenters. The molecule has 6 nitrogen and oxygen atoms in total. The van der Waals surface area contributed by atoms with E-state index in [9.17, 15) is 18.0 Å². The zero-order valence-corrected chi connectivity index (χ0v) is 15.4. The zero-order valence-electron chi connectivity index (χ0n) is 13.7. The molecule has 25 heavy (non-hydrogen) atoms. The molecule has 0 saturated carbocycles. The fourth-order valence-corrected chi connectivity index (χ4v) is 5.30. The molecule has 8 heteroatoms. The molecule has 2 aromatic rings. The Morgan fingerprint density at radius 2 is 2.04 bits per heavy atom. The number of thiazole rings is 1. The Bertz CT molecular complexity index is 932. The van der Waals surface area contributed by atoms with Crippen LogP contribution in [0.3, 0.4) is 0 Å². The van der Waals surface area contributed by atoms with Gasteiger partial charge in [-0.3, -0.25) is 14.9 Å². The van der Waals surface area contributed by atoms with Crippen molar-refractivity contribution in [2.75, 3.05) is 11.1 Å². The molecule has 0 aliphatic heterocycles. The SMILES string of the molecule is CCCS(=O)(=O)c1ccccc1C(=O)Nc1nc2c(s1)C(=O)CCC2. The van der Waals surface area contributed by atoms with Crippen molar-refractivity contribution in [3.05, 3.63) is 40.4 Å². The van der Waals surface area contributed by atoms with Crippen LogP contribution < -0.4 is 5.32 Å². The summed E-state index contributed by atoms with van der Waals surface area (Å²) in [5.41, 5.74) is 0.805. The maximum absolute atomic E-state index is 12.6. The molecule has 0 spiro atoms. The van der Waals surface area contributed by atoms with E-state index in [-0.39, 0.29) is 22.0 Å². The highest BCUT2D eigenvalue weighted by molar-refractivity contribution is 7.91. The van der Waals surface area contributed by atoms with Crippen LogP contribution in [0.15, 0.2) is 29.2 Å². The highest BCUT2D eigenvalue weighted by atomic mass is 32.2. The standard InChI is InChI=1S/C17H18N2O4S2/c1-2-10-25(22,23)14-9-4-3-6-11(14)16(21)19-17-18-12-7-5-8-13(20)15(12)24-17/h3-4,6,9H,2,5,7-8,10H2,1H3,(H,18,19,21). The van der Waals surface area contributed by atoms with E-state index in [0.29, 0.717) is 28.5 Å². The second-order valence-electron chi connectivity index (χ2n) is 5.84. The third-order valence-corrected chi connectivity index (χ3v) is 6.95. The molecule has 1 aromatic carbocycles. The lowest BCUT2D eigenvalue weighted by Gasteiger charge is -2.09. The Morgan fingerprint density at radius 3 is 2.76 bits per heavy atom. The number of hydrogen-bond acceptors (Lipinski definition) is 6. The number of aryl methyl sites for hydroxylation is 1. The summed E-state index contributed by atoms with van der Waals surface area (Å²) in [6.45, 7) is 1.78. The summed E-state index contributed by atoms with van der Waals surface area (Å²) < 4.78 is 24.7.